The van der Waals surface area contributed by atoms with Crippen molar-refractivity contribution in [3.63, 3.8) is 0 Å². The standard InChI is InChI=1S/C25H18BrIN2O2/c26-19-8-5-6-17(14-19)16-31-24-13-12-18-7-1-2-9-20(18)22(24)15-28-29-25(30)21-10-3-4-11-23(21)27/h1-15H,16H2,(H,29,30). The summed E-state index contributed by atoms with van der Waals surface area (Å²) in [5, 5.41) is 6.30. The van der Waals surface area contributed by atoms with Gasteiger partial charge < -0.3 is 4.74 Å². The number of carbonyl (C=O) groups is 1. The highest BCUT2D eigenvalue weighted by Gasteiger charge is 2.10. The molecule has 0 fully saturated rings. The maximum absolute atomic E-state index is 12.5. The summed E-state index contributed by atoms with van der Waals surface area (Å²) >= 11 is 5.63. The van der Waals surface area contributed by atoms with Gasteiger partial charge in [0, 0.05) is 13.6 Å². The lowest BCUT2D eigenvalue weighted by Gasteiger charge is -2.12. The van der Waals surface area contributed by atoms with Gasteiger partial charge in [0.05, 0.1) is 11.8 Å². The predicted octanol–water partition coefficient (Wildman–Crippen LogP) is 6.55. The zero-order valence-corrected chi connectivity index (χ0v) is 20.1. The third-order valence-corrected chi connectivity index (χ3v) is 6.13. The van der Waals surface area contributed by atoms with Gasteiger partial charge in [-0.25, -0.2) is 5.43 Å². The van der Waals surface area contributed by atoms with Crippen molar-refractivity contribution in [3.05, 3.63) is 110 Å². The summed E-state index contributed by atoms with van der Waals surface area (Å²) in [5.41, 5.74) is 5.08. The number of hydrazone groups is 1. The predicted molar refractivity (Wildman–Crippen MR) is 137 cm³/mol. The molecule has 0 saturated heterocycles. The molecule has 0 heterocycles. The van der Waals surface area contributed by atoms with Crippen molar-refractivity contribution in [2.75, 3.05) is 0 Å². The second-order valence-electron chi connectivity index (χ2n) is 6.80. The molecular weight excluding hydrogens is 567 g/mol. The number of nitrogens with zero attached hydrogens (tertiary/aromatic N) is 1. The summed E-state index contributed by atoms with van der Waals surface area (Å²) in [6.45, 7) is 0.424. The second kappa shape index (κ2) is 10.1. The zero-order valence-electron chi connectivity index (χ0n) is 16.4. The van der Waals surface area contributed by atoms with Crippen molar-refractivity contribution >= 4 is 61.4 Å². The van der Waals surface area contributed by atoms with Crippen molar-refractivity contribution in [2.45, 2.75) is 6.61 Å². The number of benzene rings is 4. The van der Waals surface area contributed by atoms with Gasteiger partial charge in [0.25, 0.3) is 5.91 Å². The van der Waals surface area contributed by atoms with E-state index >= 15 is 0 Å². The number of fused-ring (bicyclic) bond motifs is 1. The molecule has 4 nitrogen and oxygen atoms in total. The van der Waals surface area contributed by atoms with Crippen molar-refractivity contribution in [1.29, 1.82) is 0 Å². The van der Waals surface area contributed by atoms with Crippen molar-refractivity contribution in [1.82, 2.24) is 5.43 Å². The largest absolute Gasteiger partial charge is 0.488 e. The Bertz CT molecular complexity index is 1270. The van der Waals surface area contributed by atoms with E-state index in [0.29, 0.717) is 17.9 Å². The quantitative estimate of drug-likeness (QED) is 0.159. The monoisotopic (exact) mass is 584 g/mol. The van der Waals surface area contributed by atoms with Gasteiger partial charge in [0.2, 0.25) is 0 Å². The summed E-state index contributed by atoms with van der Waals surface area (Å²) in [6.07, 6.45) is 1.65. The summed E-state index contributed by atoms with van der Waals surface area (Å²) in [4.78, 5) is 12.5. The third kappa shape index (κ3) is 5.32. The number of nitrogens with one attached hydrogen (secondary N) is 1. The van der Waals surface area contributed by atoms with E-state index in [1.807, 2.05) is 78.9 Å². The molecule has 0 radical (unpaired) electrons. The second-order valence-corrected chi connectivity index (χ2v) is 8.87. The van der Waals surface area contributed by atoms with Crippen molar-refractivity contribution < 1.29 is 9.53 Å². The van der Waals surface area contributed by atoms with Crippen LogP contribution in [-0.4, -0.2) is 12.1 Å². The van der Waals surface area contributed by atoms with E-state index in [1.165, 1.54) is 0 Å². The first-order chi connectivity index (χ1) is 15.1. The first-order valence-electron chi connectivity index (χ1n) is 9.59. The molecular formula is C25H18BrIN2O2. The SMILES string of the molecule is O=C(NN=Cc1c(OCc2cccc(Br)c2)ccc2ccccc12)c1ccccc1I. The Labute approximate surface area is 202 Å². The van der Waals surface area contributed by atoms with Crippen LogP contribution in [0.2, 0.25) is 0 Å². The molecule has 0 bridgehead atoms. The molecule has 4 aromatic carbocycles. The molecule has 1 amide bonds. The van der Waals surface area contributed by atoms with Gasteiger partial charge in [-0.2, -0.15) is 5.10 Å². The Morgan fingerprint density at radius 2 is 1.81 bits per heavy atom. The molecule has 0 aromatic heterocycles. The summed E-state index contributed by atoms with van der Waals surface area (Å²) in [7, 11) is 0. The maximum Gasteiger partial charge on any atom is 0.272 e. The highest BCUT2D eigenvalue weighted by molar-refractivity contribution is 14.1. The highest BCUT2D eigenvalue weighted by Crippen LogP contribution is 2.27. The lowest BCUT2D eigenvalue weighted by atomic mass is 10.0. The minimum absolute atomic E-state index is 0.252. The fraction of sp³-hybridized carbons (Fsp3) is 0.0400. The Hall–Kier alpha value is -2.71. The van der Waals surface area contributed by atoms with Gasteiger partial charge in [0.1, 0.15) is 12.4 Å². The summed E-state index contributed by atoms with van der Waals surface area (Å²) < 4.78 is 8.00. The Morgan fingerprint density at radius 1 is 1.00 bits per heavy atom. The number of ether oxygens (including phenoxy) is 1. The smallest absolute Gasteiger partial charge is 0.272 e. The third-order valence-electron chi connectivity index (χ3n) is 4.69. The van der Waals surface area contributed by atoms with Crippen LogP contribution in [0.5, 0.6) is 5.75 Å². The molecule has 4 aromatic rings. The van der Waals surface area contributed by atoms with Gasteiger partial charge in [-0.05, 0) is 69.3 Å². The average Bonchev–Trinajstić information content (AvgIpc) is 2.78. The van der Waals surface area contributed by atoms with Crippen LogP contribution in [-0.2, 0) is 6.61 Å². The minimum atomic E-state index is -0.252. The molecule has 1 N–H and O–H groups in total. The van der Waals surface area contributed by atoms with Crippen LogP contribution in [0.3, 0.4) is 0 Å². The van der Waals surface area contributed by atoms with Crippen molar-refractivity contribution in [3.8, 4) is 5.75 Å². The molecule has 4 rings (SSSR count). The number of halogens is 2. The van der Waals surface area contributed by atoms with E-state index in [0.717, 1.165) is 29.9 Å². The molecule has 0 unspecified atom stereocenters. The van der Waals surface area contributed by atoms with E-state index in [-0.39, 0.29) is 5.91 Å². The molecule has 31 heavy (non-hydrogen) atoms. The maximum atomic E-state index is 12.5. The Kier molecular flexibility index (Phi) is 6.99. The number of carbonyl (C=O) groups excluding carboxylic acids is 1. The molecule has 6 heteroatoms. The first-order valence-corrected chi connectivity index (χ1v) is 11.5. The normalized spacial score (nSPS) is 11.0. The van der Waals surface area contributed by atoms with Crippen molar-refractivity contribution in [2.24, 2.45) is 5.10 Å². The molecule has 0 aliphatic carbocycles. The summed E-state index contributed by atoms with van der Waals surface area (Å²) in [6, 6.07) is 27.4. The molecule has 154 valence electrons. The van der Waals surface area contributed by atoms with Crippen LogP contribution in [0.1, 0.15) is 21.5 Å². The molecule has 0 aliphatic heterocycles. The molecule has 0 aliphatic rings. The topological polar surface area (TPSA) is 50.7 Å². The lowest BCUT2D eigenvalue weighted by molar-refractivity contribution is 0.0954. The Morgan fingerprint density at radius 3 is 2.65 bits per heavy atom. The fourth-order valence-corrected chi connectivity index (χ4v) is 4.26. The van der Waals surface area contributed by atoms with E-state index in [2.05, 4.69) is 49.0 Å². The van der Waals surface area contributed by atoms with Crippen LogP contribution in [0, 0.1) is 3.57 Å². The number of amides is 1. The molecule has 0 atom stereocenters. The van der Waals surface area contributed by atoms with Gasteiger partial charge in [-0.15, -0.1) is 0 Å². The zero-order chi connectivity index (χ0) is 21.6. The minimum Gasteiger partial charge on any atom is -0.488 e. The van der Waals surface area contributed by atoms with E-state index in [1.54, 1.807) is 12.3 Å². The van der Waals surface area contributed by atoms with Gasteiger partial charge in [-0.1, -0.05) is 70.5 Å². The molecule has 0 saturated carbocycles. The van der Waals surface area contributed by atoms with E-state index < -0.39 is 0 Å². The Balaban J connectivity index is 1.60. The van der Waals surface area contributed by atoms with Gasteiger partial charge in [0.15, 0.2) is 0 Å². The first kappa shape index (κ1) is 21.5. The van der Waals surface area contributed by atoms with Gasteiger partial charge in [-0.3, -0.25) is 4.79 Å². The fourth-order valence-electron chi connectivity index (χ4n) is 3.18. The summed E-state index contributed by atoms with van der Waals surface area (Å²) in [5.74, 6) is 0.448. The van der Waals surface area contributed by atoms with E-state index in [9.17, 15) is 4.79 Å². The highest BCUT2D eigenvalue weighted by atomic mass is 127. The molecule has 0 spiro atoms. The van der Waals surface area contributed by atoms with E-state index in [4.69, 9.17) is 4.74 Å². The number of hydrogen-bond donors (Lipinski definition) is 1. The van der Waals surface area contributed by atoms with Crippen LogP contribution in [0.25, 0.3) is 10.8 Å². The van der Waals surface area contributed by atoms with Crippen LogP contribution in [0.4, 0.5) is 0 Å². The lowest BCUT2D eigenvalue weighted by Crippen LogP contribution is -2.18. The van der Waals surface area contributed by atoms with Crippen LogP contribution in [0.15, 0.2) is 94.5 Å². The average molecular weight is 585 g/mol. The van der Waals surface area contributed by atoms with Crippen LogP contribution < -0.4 is 10.2 Å². The number of rotatable bonds is 6. The van der Waals surface area contributed by atoms with Gasteiger partial charge >= 0.3 is 0 Å². The van der Waals surface area contributed by atoms with Crippen LogP contribution >= 0.6 is 38.5 Å². The number of hydrogen-bond acceptors (Lipinski definition) is 3.